The summed E-state index contributed by atoms with van der Waals surface area (Å²) in [4.78, 5) is 12.3. The number of aromatic nitrogens is 2. The maximum Gasteiger partial charge on any atom is 0.250 e. The van der Waals surface area contributed by atoms with Gasteiger partial charge in [0.05, 0.1) is 12.9 Å². The van der Waals surface area contributed by atoms with E-state index in [-0.39, 0.29) is 5.91 Å². The highest BCUT2D eigenvalue weighted by Crippen LogP contribution is 2.37. The van der Waals surface area contributed by atoms with Gasteiger partial charge in [-0.3, -0.25) is 10.1 Å². The molecule has 0 saturated carbocycles. The number of carbonyl (C=O) groups is 1. The van der Waals surface area contributed by atoms with Crippen LogP contribution in [-0.4, -0.2) is 22.7 Å². The van der Waals surface area contributed by atoms with Gasteiger partial charge in [-0.1, -0.05) is 11.3 Å². The van der Waals surface area contributed by atoms with Gasteiger partial charge in [0, 0.05) is 22.6 Å². The second-order valence-electron chi connectivity index (χ2n) is 6.05. The third-order valence-electron chi connectivity index (χ3n) is 4.05. The van der Waals surface area contributed by atoms with Crippen LogP contribution in [0, 0.1) is 20.8 Å². The summed E-state index contributed by atoms with van der Waals surface area (Å²) in [5.41, 5.74) is 4.48. The molecule has 0 spiro atoms. The molecule has 0 unspecified atom stereocenters. The molecule has 7 heteroatoms. The number of amides is 1. The van der Waals surface area contributed by atoms with Gasteiger partial charge >= 0.3 is 0 Å². The van der Waals surface area contributed by atoms with Crippen molar-refractivity contribution >= 4 is 38.9 Å². The van der Waals surface area contributed by atoms with Gasteiger partial charge in [-0.05, 0) is 51.8 Å². The van der Waals surface area contributed by atoms with Crippen LogP contribution in [0.5, 0.6) is 5.75 Å². The van der Waals surface area contributed by atoms with Crippen LogP contribution < -0.4 is 10.1 Å². The predicted molar refractivity (Wildman–Crippen MR) is 104 cm³/mol. The Morgan fingerprint density at radius 3 is 2.77 bits per heavy atom. The molecule has 1 N–H and O–H groups in total. The molecule has 0 atom stereocenters. The van der Waals surface area contributed by atoms with Crippen molar-refractivity contribution in [3.63, 3.8) is 0 Å². The van der Waals surface area contributed by atoms with E-state index in [1.165, 1.54) is 11.3 Å². The minimum atomic E-state index is -0.247. The van der Waals surface area contributed by atoms with Gasteiger partial charge in [0.15, 0.2) is 0 Å². The molecule has 136 valence electrons. The average molecular weight is 371 g/mol. The van der Waals surface area contributed by atoms with E-state index >= 15 is 0 Å². The van der Waals surface area contributed by atoms with Gasteiger partial charge in [-0.2, -0.15) is 0 Å². The van der Waals surface area contributed by atoms with Crippen LogP contribution in [-0.2, 0) is 4.79 Å². The van der Waals surface area contributed by atoms with Crippen LogP contribution in [0.3, 0.4) is 0 Å². The van der Waals surface area contributed by atoms with Crippen molar-refractivity contribution < 1.29 is 13.9 Å². The number of rotatable bonds is 5. The Bertz CT molecular complexity index is 1000. The van der Waals surface area contributed by atoms with E-state index in [1.54, 1.807) is 12.3 Å². The van der Waals surface area contributed by atoms with Crippen molar-refractivity contribution in [1.82, 2.24) is 10.2 Å². The molecule has 0 aliphatic rings. The summed E-state index contributed by atoms with van der Waals surface area (Å²) in [6, 6.07) is 2.01. The number of anilines is 1. The molecule has 2 heterocycles. The molecular formula is C19H21N3O3S. The Morgan fingerprint density at radius 1 is 1.35 bits per heavy atom. The summed E-state index contributed by atoms with van der Waals surface area (Å²) >= 11 is 1.34. The maximum absolute atomic E-state index is 12.3. The van der Waals surface area contributed by atoms with Crippen molar-refractivity contribution in [3.8, 4) is 5.75 Å². The number of aryl methyl sites for hydroxylation is 3. The highest BCUT2D eigenvalue weighted by Gasteiger charge is 2.17. The summed E-state index contributed by atoms with van der Waals surface area (Å²) < 4.78 is 11.5. The molecule has 3 aromatic rings. The van der Waals surface area contributed by atoms with Crippen molar-refractivity contribution in [1.29, 1.82) is 0 Å². The lowest BCUT2D eigenvalue weighted by Gasteiger charge is -2.14. The zero-order chi connectivity index (χ0) is 18.8. The quantitative estimate of drug-likeness (QED) is 0.661. The average Bonchev–Trinajstić information content (AvgIpc) is 3.16. The van der Waals surface area contributed by atoms with E-state index in [0.717, 1.165) is 44.0 Å². The summed E-state index contributed by atoms with van der Waals surface area (Å²) in [6.07, 6.45) is 3.29. The molecule has 0 radical (unpaired) electrons. The van der Waals surface area contributed by atoms with E-state index in [0.29, 0.717) is 11.7 Å². The van der Waals surface area contributed by atoms with Crippen LogP contribution >= 0.6 is 11.3 Å². The van der Waals surface area contributed by atoms with Crippen molar-refractivity contribution in [2.45, 2.75) is 34.6 Å². The number of allylic oxidation sites excluding steroid dienone is 1. The highest BCUT2D eigenvalue weighted by atomic mass is 32.1. The maximum atomic E-state index is 12.3. The normalized spacial score (nSPS) is 11.8. The minimum Gasteiger partial charge on any atom is -0.493 e. The van der Waals surface area contributed by atoms with Crippen LogP contribution in [0.2, 0.25) is 0 Å². The minimum absolute atomic E-state index is 0.247. The molecule has 0 fully saturated rings. The number of nitrogens with zero attached hydrogens (tertiary/aromatic N) is 2. The van der Waals surface area contributed by atoms with Crippen molar-refractivity contribution in [3.05, 3.63) is 40.1 Å². The van der Waals surface area contributed by atoms with Gasteiger partial charge in [0.2, 0.25) is 11.0 Å². The number of carbonyl (C=O) groups excluding carboxylic acids is 1. The molecule has 0 aliphatic heterocycles. The Hall–Kier alpha value is -2.67. The number of benzene rings is 1. The second-order valence-corrected chi connectivity index (χ2v) is 7.23. The smallest absolute Gasteiger partial charge is 0.250 e. The zero-order valence-corrected chi connectivity index (χ0v) is 16.3. The fourth-order valence-corrected chi connectivity index (χ4v) is 3.42. The number of fused-ring (bicyclic) bond motifs is 1. The zero-order valence-electron chi connectivity index (χ0n) is 15.5. The van der Waals surface area contributed by atoms with Gasteiger partial charge in [-0.25, -0.2) is 0 Å². The molecule has 1 amide bonds. The van der Waals surface area contributed by atoms with E-state index in [1.807, 2.05) is 40.7 Å². The Morgan fingerprint density at radius 2 is 2.12 bits per heavy atom. The fraction of sp³-hybridized carbons (Fsp3) is 0.316. The number of furan rings is 1. The van der Waals surface area contributed by atoms with Crippen LogP contribution in [0.15, 0.2) is 22.8 Å². The van der Waals surface area contributed by atoms with E-state index in [2.05, 4.69) is 15.5 Å². The molecule has 3 rings (SSSR count). The molecule has 6 nitrogen and oxygen atoms in total. The molecule has 0 aliphatic carbocycles. The summed E-state index contributed by atoms with van der Waals surface area (Å²) in [5.74, 6) is 0.491. The number of nitrogens with one attached hydrogen (secondary N) is 1. The first kappa shape index (κ1) is 18.1. The molecule has 1 aromatic carbocycles. The van der Waals surface area contributed by atoms with E-state index in [9.17, 15) is 4.79 Å². The lowest BCUT2D eigenvalue weighted by molar-refractivity contribution is -0.111. The molecule has 26 heavy (non-hydrogen) atoms. The lowest BCUT2D eigenvalue weighted by atomic mass is 9.98. The third kappa shape index (κ3) is 3.48. The van der Waals surface area contributed by atoms with Crippen molar-refractivity contribution in [2.24, 2.45) is 0 Å². The Labute approximate surface area is 155 Å². The topological polar surface area (TPSA) is 77.2 Å². The molecule has 2 aromatic heterocycles. The van der Waals surface area contributed by atoms with Crippen LogP contribution in [0.1, 0.15) is 35.5 Å². The monoisotopic (exact) mass is 371 g/mol. The van der Waals surface area contributed by atoms with E-state index < -0.39 is 0 Å². The van der Waals surface area contributed by atoms with Gasteiger partial charge in [0.25, 0.3) is 0 Å². The fourth-order valence-electron chi connectivity index (χ4n) is 2.82. The molecule has 0 bridgehead atoms. The van der Waals surface area contributed by atoms with Crippen LogP contribution in [0.25, 0.3) is 16.5 Å². The molecular weight excluding hydrogens is 350 g/mol. The second kappa shape index (κ2) is 7.29. The van der Waals surface area contributed by atoms with Gasteiger partial charge in [0.1, 0.15) is 16.3 Å². The molecule has 0 saturated heterocycles. The lowest BCUT2D eigenvalue weighted by Crippen LogP contribution is -2.08. The summed E-state index contributed by atoms with van der Waals surface area (Å²) in [6.45, 7) is 10.2. The predicted octanol–water partition coefficient (Wildman–Crippen LogP) is 4.65. The first-order valence-electron chi connectivity index (χ1n) is 8.34. The third-order valence-corrected chi connectivity index (χ3v) is 4.81. The van der Waals surface area contributed by atoms with Gasteiger partial charge in [-0.15, -0.1) is 10.2 Å². The number of hydrogen-bond acceptors (Lipinski definition) is 6. The highest BCUT2D eigenvalue weighted by molar-refractivity contribution is 7.15. The SMILES string of the molecule is CCOc1c(/C(C)=C/C(=O)Nc2nnc(C)s2)cc2c(C)coc2c1C. The first-order chi connectivity index (χ1) is 12.4. The Balaban J connectivity index is 2.00. The number of ether oxygens (including phenoxy) is 1. The first-order valence-corrected chi connectivity index (χ1v) is 9.16. The van der Waals surface area contributed by atoms with E-state index in [4.69, 9.17) is 9.15 Å². The van der Waals surface area contributed by atoms with Gasteiger partial charge < -0.3 is 9.15 Å². The summed E-state index contributed by atoms with van der Waals surface area (Å²) in [7, 11) is 0. The number of hydrogen-bond donors (Lipinski definition) is 1. The Kier molecular flexibility index (Phi) is 5.08. The summed E-state index contributed by atoms with van der Waals surface area (Å²) in [5, 5.41) is 12.9. The largest absolute Gasteiger partial charge is 0.493 e. The van der Waals surface area contributed by atoms with Crippen LogP contribution in [0.4, 0.5) is 5.13 Å². The standard InChI is InChI=1S/C19H21N3O3S/c1-6-24-17-12(4)18-15(11(3)9-25-18)8-14(17)10(2)7-16(23)20-19-22-21-13(5)26-19/h7-9H,6H2,1-5H3,(H,20,22,23)/b10-7+. The van der Waals surface area contributed by atoms with Crippen molar-refractivity contribution in [2.75, 3.05) is 11.9 Å².